The number of aliphatic hydroxyl groups is 1. The highest BCUT2D eigenvalue weighted by Crippen LogP contribution is 2.33. The second kappa shape index (κ2) is 8.57. The summed E-state index contributed by atoms with van der Waals surface area (Å²) >= 11 is 0. The first-order chi connectivity index (χ1) is 15.0. The molecule has 2 heterocycles. The minimum Gasteiger partial charge on any atom is -0.497 e. The van der Waals surface area contributed by atoms with E-state index < -0.39 is 6.04 Å². The number of hydrogen-bond donors (Lipinski definition) is 2. The lowest BCUT2D eigenvalue weighted by Crippen LogP contribution is -2.52. The maximum atomic E-state index is 13.3. The van der Waals surface area contributed by atoms with Crippen LogP contribution in [0.5, 0.6) is 5.75 Å². The molecule has 0 saturated heterocycles. The molecule has 1 atom stereocenters. The number of aliphatic hydroxyl groups excluding tert-OH is 1. The lowest BCUT2D eigenvalue weighted by Gasteiger charge is -2.38. The Morgan fingerprint density at radius 3 is 2.55 bits per heavy atom. The summed E-state index contributed by atoms with van der Waals surface area (Å²) in [6.45, 7) is 1.80. The number of nitrogens with zero attached hydrogens (tertiary/aromatic N) is 4. The maximum Gasteiger partial charge on any atom is 0.330 e. The minimum atomic E-state index is -0.499. The van der Waals surface area contributed by atoms with Gasteiger partial charge in [-0.3, -0.25) is 9.80 Å². The van der Waals surface area contributed by atoms with Gasteiger partial charge in [0.1, 0.15) is 17.4 Å². The van der Waals surface area contributed by atoms with Crippen LogP contribution in [0.4, 0.5) is 32.3 Å². The van der Waals surface area contributed by atoms with Crippen molar-refractivity contribution in [1.29, 1.82) is 0 Å². The summed E-state index contributed by atoms with van der Waals surface area (Å²) in [5.41, 5.74) is 2.05. The first-order valence-electron chi connectivity index (χ1n) is 9.74. The van der Waals surface area contributed by atoms with Crippen molar-refractivity contribution in [3.8, 4) is 5.75 Å². The van der Waals surface area contributed by atoms with Gasteiger partial charge in [-0.15, -0.1) is 0 Å². The van der Waals surface area contributed by atoms with E-state index in [1.165, 1.54) is 17.0 Å². The highest BCUT2D eigenvalue weighted by Gasteiger charge is 2.35. The molecule has 0 aliphatic carbocycles. The largest absolute Gasteiger partial charge is 0.497 e. The van der Waals surface area contributed by atoms with Crippen LogP contribution in [-0.4, -0.2) is 40.9 Å². The quantitative estimate of drug-likeness (QED) is 0.628. The zero-order valence-electron chi connectivity index (χ0n) is 17.1. The third-order valence-electron chi connectivity index (χ3n) is 5.02. The number of nitrogens with one attached hydrogen (secondary N) is 1. The normalized spacial score (nSPS) is 14.3. The molecule has 8 nitrogen and oxygen atoms in total. The Hall–Kier alpha value is -3.72. The second-order valence-electron chi connectivity index (χ2n) is 7.14. The average Bonchev–Trinajstić information content (AvgIpc) is 2.80. The third kappa shape index (κ3) is 4.13. The van der Waals surface area contributed by atoms with E-state index in [1.807, 2.05) is 0 Å². The van der Waals surface area contributed by atoms with Gasteiger partial charge in [-0.1, -0.05) is 0 Å². The first kappa shape index (κ1) is 20.5. The third-order valence-corrected chi connectivity index (χ3v) is 5.02. The van der Waals surface area contributed by atoms with Gasteiger partial charge in [0.15, 0.2) is 0 Å². The predicted octanol–water partition coefficient (Wildman–Crippen LogP) is 3.70. The van der Waals surface area contributed by atoms with Gasteiger partial charge in [0.2, 0.25) is 5.95 Å². The number of halogens is 1. The van der Waals surface area contributed by atoms with E-state index in [0.29, 0.717) is 22.9 Å². The fourth-order valence-corrected chi connectivity index (χ4v) is 3.34. The van der Waals surface area contributed by atoms with Gasteiger partial charge < -0.3 is 15.2 Å². The number of fused-ring (bicyclic) bond motifs is 1. The van der Waals surface area contributed by atoms with Crippen LogP contribution >= 0.6 is 0 Å². The van der Waals surface area contributed by atoms with Crippen molar-refractivity contribution < 1.29 is 19.0 Å². The van der Waals surface area contributed by atoms with Gasteiger partial charge >= 0.3 is 6.03 Å². The van der Waals surface area contributed by atoms with E-state index in [-0.39, 0.29) is 30.9 Å². The number of anilines is 4. The molecule has 31 heavy (non-hydrogen) atoms. The van der Waals surface area contributed by atoms with Crippen LogP contribution in [0.2, 0.25) is 0 Å². The summed E-state index contributed by atoms with van der Waals surface area (Å²) < 4.78 is 18.3. The van der Waals surface area contributed by atoms with E-state index in [0.717, 1.165) is 5.56 Å². The molecule has 0 bridgehead atoms. The topological polar surface area (TPSA) is 90.8 Å². The molecule has 0 spiro atoms. The Morgan fingerprint density at radius 1 is 1.19 bits per heavy atom. The summed E-state index contributed by atoms with van der Waals surface area (Å²) in [5.74, 6) is 1.04. The van der Waals surface area contributed by atoms with Gasteiger partial charge in [-0.2, -0.15) is 4.98 Å². The molecule has 9 heteroatoms. The highest BCUT2D eigenvalue weighted by atomic mass is 19.1. The number of aromatic nitrogens is 2. The SMILES string of the molecule is COc1ccc(N2Cc3cnc(Nc4ccc(F)cc4)nc3N(C(C)CO)C2=O)cc1. The number of urea groups is 1. The molecule has 0 fully saturated rings. The maximum absolute atomic E-state index is 13.3. The monoisotopic (exact) mass is 423 g/mol. The number of rotatable bonds is 6. The smallest absolute Gasteiger partial charge is 0.330 e. The lowest BCUT2D eigenvalue weighted by atomic mass is 10.1. The van der Waals surface area contributed by atoms with Crippen LogP contribution in [0.1, 0.15) is 12.5 Å². The fraction of sp³-hybridized carbons (Fsp3) is 0.227. The van der Waals surface area contributed by atoms with Crippen molar-refractivity contribution in [2.24, 2.45) is 0 Å². The first-order valence-corrected chi connectivity index (χ1v) is 9.74. The van der Waals surface area contributed by atoms with Crippen molar-refractivity contribution in [2.75, 3.05) is 28.8 Å². The summed E-state index contributed by atoms with van der Waals surface area (Å²) in [5, 5.41) is 12.8. The molecular weight excluding hydrogens is 401 g/mol. The van der Waals surface area contributed by atoms with Crippen molar-refractivity contribution in [2.45, 2.75) is 19.5 Å². The average molecular weight is 423 g/mol. The second-order valence-corrected chi connectivity index (χ2v) is 7.14. The van der Waals surface area contributed by atoms with Crippen molar-refractivity contribution >= 4 is 29.2 Å². The standard InChI is InChI=1S/C22H22FN5O3/c1-14(13-29)28-20-15(11-24-21(26-20)25-17-5-3-16(23)4-6-17)12-27(22(28)30)18-7-9-19(31-2)10-8-18/h3-11,14,29H,12-13H2,1-2H3,(H,24,25,26). The number of methoxy groups -OCH3 is 1. The van der Waals surface area contributed by atoms with Crippen LogP contribution in [0, 0.1) is 5.82 Å². The number of amides is 2. The summed E-state index contributed by atoms with van der Waals surface area (Å²) in [7, 11) is 1.58. The number of carbonyl (C=O) groups excluding carboxylic acids is 1. The zero-order chi connectivity index (χ0) is 22.0. The van der Waals surface area contributed by atoms with E-state index in [9.17, 15) is 14.3 Å². The predicted molar refractivity (Wildman–Crippen MR) is 115 cm³/mol. The van der Waals surface area contributed by atoms with Crippen molar-refractivity contribution in [1.82, 2.24) is 9.97 Å². The summed E-state index contributed by atoms with van der Waals surface area (Å²) in [6, 6.07) is 12.2. The van der Waals surface area contributed by atoms with Crippen LogP contribution in [0.25, 0.3) is 0 Å². The molecule has 2 amide bonds. The summed E-state index contributed by atoms with van der Waals surface area (Å²) in [6.07, 6.45) is 1.65. The van der Waals surface area contributed by atoms with Crippen LogP contribution < -0.4 is 19.9 Å². The Balaban J connectivity index is 1.68. The molecule has 1 aromatic heterocycles. The van der Waals surface area contributed by atoms with E-state index in [1.54, 1.807) is 61.5 Å². The molecule has 2 aromatic carbocycles. The van der Waals surface area contributed by atoms with Gasteiger partial charge in [0, 0.05) is 23.1 Å². The molecule has 3 aromatic rings. The molecule has 2 N–H and O–H groups in total. The van der Waals surface area contributed by atoms with Gasteiger partial charge in [-0.25, -0.2) is 14.2 Å². The van der Waals surface area contributed by atoms with Crippen LogP contribution in [-0.2, 0) is 6.54 Å². The summed E-state index contributed by atoms with van der Waals surface area (Å²) in [4.78, 5) is 25.3. The number of carbonyl (C=O) groups is 1. The van der Waals surface area contributed by atoms with E-state index >= 15 is 0 Å². The van der Waals surface area contributed by atoms with Crippen LogP contribution in [0.3, 0.4) is 0 Å². The minimum absolute atomic E-state index is 0.230. The van der Waals surface area contributed by atoms with E-state index in [2.05, 4.69) is 15.3 Å². The fourth-order valence-electron chi connectivity index (χ4n) is 3.34. The Morgan fingerprint density at radius 2 is 1.90 bits per heavy atom. The molecule has 1 unspecified atom stereocenters. The Bertz CT molecular complexity index is 1080. The molecular formula is C22H22FN5O3. The molecule has 4 rings (SSSR count). The zero-order valence-corrected chi connectivity index (χ0v) is 17.1. The van der Waals surface area contributed by atoms with Crippen LogP contribution in [0.15, 0.2) is 54.7 Å². The molecule has 160 valence electrons. The molecule has 0 saturated carbocycles. The Kier molecular flexibility index (Phi) is 5.68. The lowest BCUT2D eigenvalue weighted by molar-refractivity contribution is 0.234. The van der Waals surface area contributed by atoms with Gasteiger partial charge in [-0.05, 0) is 55.5 Å². The van der Waals surface area contributed by atoms with E-state index in [4.69, 9.17) is 4.74 Å². The molecule has 1 aliphatic heterocycles. The Labute approximate surface area is 178 Å². The molecule has 0 radical (unpaired) electrons. The number of hydrogen-bond acceptors (Lipinski definition) is 6. The van der Waals surface area contributed by atoms with Gasteiger partial charge in [0.05, 0.1) is 26.3 Å². The molecule has 1 aliphatic rings. The highest BCUT2D eigenvalue weighted by molar-refractivity contribution is 6.05. The van der Waals surface area contributed by atoms with Crippen molar-refractivity contribution in [3.05, 3.63) is 66.1 Å². The number of ether oxygens (including phenoxy) is 1. The van der Waals surface area contributed by atoms with Crippen molar-refractivity contribution in [3.63, 3.8) is 0 Å². The number of benzene rings is 2. The van der Waals surface area contributed by atoms with Gasteiger partial charge in [0.25, 0.3) is 0 Å².